The van der Waals surface area contributed by atoms with Gasteiger partial charge in [0.1, 0.15) is 11.5 Å². The minimum Gasteiger partial charge on any atom is -0.351 e. The van der Waals surface area contributed by atoms with Crippen LogP contribution < -0.4 is 10.6 Å². The molecule has 1 atom stereocenters. The molecule has 2 N–H and O–H groups in total. The third-order valence-corrected chi connectivity index (χ3v) is 4.91. The van der Waals surface area contributed by atoms with Crippen LogP contribution in [0.15, 0.2) is 60.7 Å². The summed E-state index contributed by atoms with van der Waals surface area (Å²) in [6.45, 7) is 0.931. The highest BCUT2D eigenvalue weighted by Crippen LogP contribution is 2.17. The van der Waals surface area contributed by atoms with E-state index < -0.39 is 0 Å². The van der Waals surface area contributed by atoms with Crippen LogP contribution in [0, 0.1) is 5.82 Å². The molecule has 0 spiro atoms. The van der Waals surface area contributed by atoms with Crippen LogP contribution in [-0.4, -0.2) is 27.6 Å². The largest absolute Gasteiger partial charge is 0.351 e. The lowest BCUT2D eigenvalue weighted by Gasteiger charge is -2.12. The second-order valence-electron chi connectivity index (χ2n) is 7.11. The number of hydrogen-bond acceptors (Lipinski definition) is 3. The van der Waals surface area contributed by atoms with Gasteiger partial charge < -0.3 is 10.6 Å². The number of nitrogens with one attached hydrogen (secondary N) is 2. The third-order valence-electron chi connectivity index (χ3n) is 4.91. The predicted octanol–water partition coefficient (Wildman–Crippen LogP) is 2.24. The number of amides is 2. The molecule has 1 aliphatic rings. The van der Waals surface area contributed by atoms with E-state index in [4.69, 9.17) is 0 Å². The van der Waals surface area contributed by atoms with Crippen molar-refractivity contribution in [3.63, 3.8) is 0 Å². The summed E-state index contributed by atoms with van der Waals surface area (Å²) in [5.41, 5.74) is 2.65. The van der Waals surface area contributed by atoms with Gasteiger partial charge in [-0.1, -0.05) is 48.5 Å². The summed E-state index contributed by atoms with van der Waals surface area (Å²) < 4.78 is 15.4. The molecule has 1 aliphatic heterocycles. The van der Waals surface area contributed by atoms with Crippen LogP contribution in [0.1, 0.15) is 27.3 Å². The molecule has 148 valence electrons. The van der Waals surface area contributed by atoms with Crippen LogP contribution in [0.4, 0.5) is 4.39 Å². The van der Waals surface area contributed by atoms with Crippen LogP contribution in [0.5, 0.6) is 0 Å². The van der Waals surface area contributed by atoms with Crippen molar-refractivity contribution in [2.24, 2.45) is 0 Å². The van der Waals surface area contributed by atoms with Gasteiger partial charge in [-0.3, -0.25) is 14.3 Å². The second-order valence-corrected chi connectivity index (χ2v) is 7.11. The quantitative estimate of drug-likeness (QED) is 0.676. The van der Waals surface area contributed by atoms with E-state index >= 15 is 0 Å². The zero-order chi connectivity index (χ0) is 20.2. The standard InChI is InChI=1S/C22H21FN4O2/c23-19-9-5-4-8-16(19)10-21(28)25-17-11-18-12-20(26-27(18)14-17)22(29)24-13-15-6-2-1-3-7-15/h1-9,12,17H,10-11,13-14H2,(H,24,29)(H,25,28)/t17-/m0/s1. The Balaban J connectivity index is 1.29. The van der Waals surface area contributed by atoms with E-state index in [1.54, 1.807) is 28.9 Å². The summed E-state index contributed by atoms with van der Waals surface area (Å²) >= 11 is 0. The first kappa shape index (κ1) is 18.9. The number of aromatic nitrogens is 2. The van der Waals surface area contributed by atoms with Crippen LogP contribution in [0.2, 0.25) is 0 Å². The fraction of sp³-hybridized carbons (Fsp3) is 0.227. The molecule has 7 heteroatoms. The molecule has 0 bridgehead atoms. The predicted molar refractivity (Wildman–Crippen MR) is 106 cm³/mol. The molecular weight excluding hydrogens is 371 g/mol. The fourth-order valence-electron chi connectivity index (χ4n) is 3.47. The normalized spacial score (nSPS) is 15.0. The van der Waals surface area contributed by atoms with E-state index in [1.165, 1.54) is 6.07 Å². The molecule has 29 heavy (non-hydrogen) atoms. The molecule has 2 aromatic carbocycles. The van der Waals surface area contributed by atoms with Crippen LogP contribution in [0.3, 0.4) is 0 Å². The number of nitrogens with zero attached hydrogens (tertiary/aromatic N) is 2. The lowest BCUT2D eigenvalue weighted by Crippen LogP contribution is -2.37. The Kier molecular flexibility index (Phi) is 5.37. The molecule has 2 heterocycles. The number of carbonyl (C=O) groups excluding carboxylic acids is 2. The molecule has 0 unspecified atom stereocenters. The molecule has 4 rings (SSSR count). The van der Waals surface area contributed by atoms with Gasteiger partial charge >= 0.3 is 0 Å². The first-order valence-electron chi connectivity index (χ1n) is 9.50. The van der Waals surface area contributed by atoms with E-state index in [0.717, 1.165) is 11.3 Å². The highest BCUT2D eigenvalue weighted by molar-refractivity contribution is 5.92. The fourth-order valence-corrected chi connectivity index (χ4v) is 3.47. The van der Waals surface area contributed by atoms with Crippen molar-refractivity contribution in [1.82, 2.24) is 20.4 Å². The Hall–Kier alpha value is -3.48. The Morgan fingerprint density at radius 1 is 1.10 bits per heavy atom. The maximum atomic E-state index is 13.7. The van der Waals surface area contributed by atoms with E-state index in [9.17, 15) is 14.0 Å². The summed E-state index contributed by atoms with van der Waals surface area (Å²) in [7, 11) is 0. The second kappa shape index (κ2) is 8.26. The molecule has 0 aliphatic carbocycles. The molecule has 3 aromatic rings. The summed E-state index contributed by atoms with van der Waals surface area (Å²) in [4.78, 5) is 24.5. The van der Waals surface area contributed by atoms with Gasteiger partial charge in [0.15, 0.2) is 0 Å². The Labute approximate surface area is 167 Å². The maximum Gasteiger partial charge on any atom is 0.272 e. The van der Waals surface area contributed by atoms with Gasteiger partial charge in [-0.25, -0.2) is 4.39 Å². The highest BCUT2D eigenvalue weighted by Gasteiger charge is 2.26. The topological polar surface area (TPSA) is 76.0 Å². The van der Waals surface area contributed by atoms with E-state index in [0.29, 0.717) is 30.8 Å². The Morgan fingerprint density at radius 3 is 2.62 bits per heavy atom. The summed E-state index contributed by atoms with van der Waals surface area (Å²) in [6, 6.07) is 17.6. The molecule has 6 nitrogen and oxygen atoms in total. The molecule has 0 fully saturated rings. The van der Waals surface area contributed by atoms with Crippen molar-refractivity contribution in [1.29, 1.82) is 0 Å². The summed E-state index contributed by atoms with van der Waals surface area (Å²) in [5.74, 6) is -0.837. The number of hydrogen-bond donors (Lipinski definition) is 2. The molecule has 0 radical (unpaired) electrons. The smallest absolute Gasteiger partial charge is 0.272 e. The molecule has 0 saturated heterocycles. The average Bonchev–Trinajstić information content (AvgIpc) is 3.27. The molecule has 1 aromatic heterocycles. The number of rotatable bonds is 6. The van der Waals surface area contributed by atoms with Gasteiger partial charge in [0.2, 0.25) is 5.91 Å². The van der Waals surface area contributed by atoms with Crippen molar-refractivity contribution in [2.45, 2.75) is 32.0 Å². The zero-order valence-electron chi connectivity index (χ0n) is 15.8. The number of carbonyl (C=O) groups is 2. The SMILES string of the molecule is O=C(Cc1ccccc1F)N[C@H]1Cc2cc(C(=O)NCc3ccccc3)nn2C1. The van der Waals surface area contributed by atoms with Gasteiger partial charge in [-0.05, 0) is 23.3 Å². The lowest BCUT2D eigenvalue weighted by molar-refractivity contribution is -0.121. The van der Waals surface area contributed by atoms with Gasteiger partial charge in [0.25, 0.3) is 5.91 Å². The highest BCUT2D eigenvalue weighted by atomic mass is 19.1. The first-order chi connectivity index (χ1) is 14.1. The zero-order valence-corrected chi connectivity index (χ0v) is 15.8. The Bertz CT molecular complexity index is 1010. The van der Waals surface area contributed by atoms with Crippen LogP contribution >= 0.6 is 0 Å². The van der Waals surface area contributed by atoms with Crippen LogP contribution in [-0.2, 0) is 30.7 Å². The van der Waals surface area contributed by atoms with E-state index in [-0.39, 0.29) is 30.1 Å². The number of fused-ring (bicyclic) bond motifs is 1. The van der Waals surface area contributed by atoms with Gasteiger partial charge in [0.05, 0.1) is 19.0 Å². The van der Waals surface area contributed by atoms with Crippen molar-refractivity contribution in [3.8, 4) is 0 Å². The molecule has 2 amide bonds. The summed E-state index contributed by atoms with van der Waals surface area (Å²) in [6.07, 6.45) is 0.584. The van der Waals surface area contributed by atoms with Crippen LogP contribution in [0.25, 0.3) is 0 Å². The minimum atomic E-state index is -0.381. The van der Waals surface area contributed by atoms with Crippen molar-refractivity contribution < 1.29 is 14.0 Å². The third kappa shape index (κ3) is 4.51. The Morgan fingerprint density at radius 2 is 1.86 bits per heavy atom. The minimum absolute atomic E-state index is 0.00136. The van der Waals surface area contributed by atoms with E-state index in [1.807, 2.05) is 30.3 Å². The average molecular weight is 392 g/mol. The van der Waals surface area contributed by atoms with Crippen molar-refractivity contribution in [3.05, 3.63) is 89.0 Å². The lowest BCUT2D eigenvalue weighted by atomic mass is 10.1. The first-order valence-corrected chi connectivity index (χ1v) is 9.50. The monoisotopic (exact) mass is 392 g/mol. The van der Waals surface area contributed by atoms with Gasteiger partial charge in [-0.15, -0.1) is 0 Å². The van der Waals surface area contributed by atoms with Gasteiger partial charge in [-0.2, -0.15) is 5.10 Å². The van der Waals surface area contributed by atoms with Crippen molar-refractivity contribution in [2.75, 3.05) is 0 Å². The maximum absolute atomic E-state index is 13.7. The number of halogens is 1. The van der Waals surface area contributed by atoms with Gasteiger partial charge in [0, 0.05) is 18.7 Å². The molecule has 0 saturated carbocycles. The van der Waals surface area contributed by atoms with Crippen molar-refractivity contribution >= 4 is 11.8 Å². The number of benzene rings is 2. The summed E-state index contributed by atoms with van der Waals surface area (Å²) in [5, 5.41) is 10.1. The van der Waals surface area contributed by atoms with E-state index in [2.05, 4.69) is 15.7 Å². The molecular formula is C22H21FN4O2.